The molecule has 10 nitrogen and oxygen atoms in total. The second-order valence-electron chi connectivity index (χ2n) is 10.9. The lowest BCUT2D eigenvalue weighted by Crippen LogP contribution is -2.40. The molecule has 2 amide bonds. The van der Waals surface area contributed by atoms with Gasteiger partial charge in [-0.15, -0.1) is 11.3 Å². The minimum absolute atomic E-state index is 0. The highest BCUT2D eigenvalue weighted by Gasteiger charge is 2.28. The van der Waals surface area contributed by atoms with Gasteiger partial charge in [0.2, 0.25) is 15.9 Å². The van der Waals surface area contributed by atoms with Gasteiger partial charge in [-0.3, -0.25) is 10.1 Å². The van der Waals surface area contributed by atoms with E-state index in [1.807, 2.05) is 12.1 Å². The first-order valence-corrected chi connectivity index (χ1v) is 15.4. The predicted octanol–water partition coefficient (Wildman–Crippen LogP) is 6.59. The van der Waals surface area contributed by atoms with Gasteiger partial charge in [-0.05, 0) is 90.4 Å². The second kappa shape index (κ2) is 15.7. The summed E-state index contributed by atoms with van der Waals surface area (Å²) in [5.41, 5.74) is 1.56. The van der Waals surface area contributed by atoms with E-state index in [9.17, 15) is 18.0 Å². The van der Waals surface area contributed by atoms with Crippen LogP contribution in [0.2, 0.25) is 0 Å². The first-order chi connectivity index (χ1) is 18.8. The van der Waals surface area contributed by atoms with Crippen molar-refractivity contribution in [1.29, 1.82) is 0 Å². The van der Waals surface area contributed by atoms with Crippen LogP contribution in [-0.4, -0.2) is 49.6 Å². The third-order valence-electron chi connectivity index (χ3n) is 5.85. The number of sulfonamides is 1. The number of ether oxygens (including phenoxy) is 1. The Morgan fingerprint density at radius 1 is 1.05 bits per heavy atom. The molecule has 2 aromatic carbocycles. The van der Waals surface area contributed by atoms with Gasteiger partial charge in [-0.1, -0.05) is 20.9 Å². The SMILES string of the molecule is C.C.CC(C)OC(=O)Nc1ccc(-c2ncc(-c3ccc(NC(=O)[C@@H]4CCCN4)cc3S(=O)(=O)NC(C)(C)C)s2)cc1.S. The fourth-order valence-corrected chi connectivity index (χ4v) is 6.90. The Labute approximate surface area is 266 Å². The number of amides is 2. The highest BCUT2D eigenvalue weighted by atomic mass is 32.2. The van der Waals surface area contributed by atoms with Crippen molar-refractivity contribution in [2.45, 2.75) is 84.9 Å². The van der Waals surface area contributed by atoms with Crippen LogP contribution in [0.4, 0.5) is 16.2 Å². The van der Waals surface area contributed by atoms with Crippen LogP contribution in [0, 0.1) is 0 Å². The molecule has 1 aliphatic rings. The molecule has 2 heterocycles. The van der Waals surface area contributed by atoms with E-state index in [4.69, 9.17) is 4.74 Å². The average molecular weight is 652 g/mol. The molecule has 238 valence electrons. The minimum atomic E-state index is -3.95. The normalized spacial score (nSPS) is 14.6. The van der Waals surface area contributed by atoms with Crippen molar-refractivity contribution in [3.05, 3.63) is 48.7 Å². The standard InChI is InChI=1S/C28H35N5O5S2.2CH4.H2S/c1-17(2)38-27(35)32-19-10-8-18(9-11-19)26-30-16-23(39-26)21-13-12-20(31-25(34)22-7-6-14-29-22)15-24(21)40(36,37)33-28(3,4)5;;;/h8-13,15-17,22,29,33H,6-7,14H2,1-5H3,(H,31,34)(H,32,35);2*1H4;1H2/t22-;;;/m0.../s1. The molecule has 0 aliphatic carbocycles. The maximum atomic E-state index is 13.5. The molecule has 0 bridgehead atoms. The third kappa shape index (κ3) is 10.3. The molecular weight excluding hydrogens is 607 g/mol. The molecule has 1 fully saturated rings. The zero-order valence-electron chi connectivity index (χ0n) is 23.7. The van der Waals surface area contributed by atoms with Crippen LogP contribution in [0.15, 0.2) is 53.6 Å². The smallest absolute Gasteiger partial charge is 0.411 e. The number of carbonyl (C=O) groups excluding carboxylic acids is 2. The van der Waals surface area contributed by atoms with Crippen molar-refractivity contribution >= 4 is 58.2 Å². The third-order valence-corrected chi connectivity index (χ3v) is 8.73. The van der Waals surface area contributed by atoms with Crippen LogP contribution in [0.5, 0.6) is 0 Å². The fourth-order valence-electron chi connectivity index (χ4n) is 4.21. The number of hydrogen-bond donors (Lipinski definition) is 4. The van der Waals surface area contributed by atoms with Crippen molar-refractivity contribution < 1.29 is 22.7 Å². The van der Waals surface area contributed by atoms with Gasteiger partial charge in [0.15, 0.2) is 0 Å². The van der Waals surface area contributed by atoms with Crippen LogP contribution >= 0.6 is 24.8 Å². The van der Waals surface area contributed by atoms with Gasteiger partial charge in [0.1, 0.15) is 5.01 Å². The van der Waals surface area contributed by atoms with E-state index >= 15 is 0 Å². The van der Waals surface area contributed by atoms with Crippen LogP contribution in [0.25, 0.3) is 21.0 Å². The van der Waals surface area contributed by atoms with E-state index in [-0.39, 0.29) is 51.3 Å². The number of nitrogens with one attached hydrogen (secondary N) is 4. The van der Waals surface area contributed by atoms with E-state index in [1.165, 1.54) is 17.4 Å². The lowest BCUT2D eigenvalue weighted by Gasteiger charge is -2.22. The number of thiazole rings is 1. The van der Waals surface area contributed by atoms with E-state index in [1.54, 1.807) is 65.1 Å². The quantitative estimate of drug-likeness (QED) is 0.216. The number of carbonyl (C=O) groups is 2. The number of aromatic nitrogens is 1. The molecular formula is C30H45N5O5S3. The highest BCUT2D eigenvalue weighted by molar-refractivity contribution is 7.89. The molecule has 0 saturated carbocycles. The summed E-state index contributed by atoms with van der Waals surface area (Å²) in [5.74, 6) is -0.187. The van der Waals surface area contributed by atoms with Crippen LogP contribution in [-0.2, 0) is 19.6 Å². The average Bonchev–Trinajstić information content (AvgIpc) is 3.55. The number of hydrogen-bond acceptors (Lipinski definition) is 8. The molecule has 0 unspecified atom stereocenters. The van der Waals surface area contributed by atoms with Crippen LogP contribution < -0.4 is 20.7 Å². The van der Waals surface area contributed by atoms with Crippen LogP contribution in [0.1, 0.15) is 62.3 Å². The van der Waals surface area contributed by atoms with E-state index in [2.05, 4.69) is 25.7 Å². The molecule has 0 radical (unpaired) electrons. The minimum Gasteiger partial charge on any atom is -0.447 e. The summed E-state index contributed by atoms with van der Waals surface area (Å²) in [6, 6.07) is 11.7. The molecule has 1 saturated heterocycles. The summed E-state index contributed by atoms with van der Waals surface area (Å²) in [4.78, 5) is 29.8. The fraction of sp³-hybridized carbons (Fsp3) is 0.433. The first-order valence-electron chi connectivity index (χ1n) is 13.1. The lowest BCUT2D eigenvalue weighted by atomic mass is 10.1. The summed E-state index contributed by atoms with van der Waals surface area (Å²) in [6.07, 6.45) is 2.54. The van der Waals surface area contributed by atoms with Crippen molar-refractivity contribution in [2.75, 3.05) is 17.2 Å². The molecule has 1 atom stereocenters. The first kappa shape index (κ1) is 38.1. The van der Waals surface area contributed by atoms with E-state index < -0.39 is 21.7 Å². The van der Waals surface area contributed by atoms with Gasteiger partial charge in [0.05, 0.1) is 21.9 Å². The lowest BCUT2D eigenvalue weighted by molar-refractivity contribution is -0.117. The summed E-state index contributed by atoms with van der Waals surface area (Å²) < 4.78 is 34.8. The molecule has 43 heavy (non-hydrogen) atoms. The summed E-state index contributed by atoms with van der Waals surface area (Å²) in [6.45, 7) is 9.64. The topological polar surface area (TPSA) is 139 Å². The maximum Gasteiger partial charge on any atom is 0.411 e. The number of benzene rings is 2. The van der Waals surface area contributed by atoms with Gasteiger partial charge in [-0.2, -0.15) is 13.5 Å². The predicted molar refractivity (Wildman–Crippen MR) is 182 cm³/mol. The Bertz CT molecular complexity index is 1480. The molecule has 13 heteroatoms. The molecule has 1 aromatic heterocycles. The van der Waals surface area contributed by atoms with Crippen molar-refractivity contribution in [2.24, 2.45) is 0 Å². The monoisotopic (exact) mass is 651 g/mol. The number of anilines is 2. The van der Waals surface area contributed by atoms with Crippen LogP contribution in [0.3, 0.4) is 0 Å². The van der Waals surface area contributed by atoms with E-state index in [0.29, 0.717) is 26.8 Å². The number of nitrogens with zero attached hydrogens (tertiary/aromatic N) is 1. The summed E-state index contributed by atoms with van der Waals surface area (Å²) in [7, 11) is -3.95. The molecule has 4 rings (SSSR count). The van der Waals surface area contributed by atoms with Gasteiger partial charge >= 0.3 is 6.09 Å². The number of rotatable bonds is 8. The summed E-state index contributed by atoms with van der Waals surface area (Å²) in [5, 5.41) is 9.36. The van der Waals surface area contributed by atoms with Gasteiger partial charge in [0.25, 0.3) is 0 Å². The van der Waals surface area contributed by atoms with Crippen molar-refractivity contribution in [1.82, 2.24) is 15.0 Å². The second-order valence-corrected chi connectivity index (χ2v) is 13.6. The zero-order valence-corrected chi connectivity index (χ0v) is 26.3. The molecule has 3 aromatic rings. The zero-order chi connectivity index (χ0) is 29.1. The van der Waals surface area contributed by atoms with Crippen molar-refractivity contribution in [3.8, 4) is 21.0 Å². The van der Waals surface area contributed by atoms with Gasteiger partial charge in [-0.25, -0.2) is 22.9 Å². The largest absolute Gasteiger partial charge is 0.447 e. The van der Waals surface area contributed by atoms with Gasteiger partial charge < -0.3 is 15.4 Å². The Hall–Kier alpha value is -2.97. The molecule has 1 aliphatic heterocycles. The Morgan fingerprint density at radius 2 is 1.70 bits per heavy atom. The maximum absolute atomic E-state index is 13.5. The Morgan fingerprint density at radius 3 is 2.28 bits per heavy atom. The highest BCUT2D eigenvalue weighted by Crippen LogP contribution is 2.37. The van der Waals surface area contributed by atoms with Gasteiger partial charge in [0, 0.05) is 34.2 Å². The van der Waals surface area contributed by atoms with E-state index in [0.717, 1.165) is 24.9 Å². The Balaban J connectivity index is 0.00000308. The summed E-state index contributed by atoms with van der Waals surface area (Å²) >= 11 is 1.34. The molecule has 0 spiro atoms. The molecule has 4 N–H and O–H groups in total. The Kier molecular flexibility index (Phi) is 13.9. The van der Waals surface area contributed by atoms with Crippen molar-refractivity contribution in [3.63, 3.8) is 0 Å².